The van der Waals surface area contributed by atoms with Crippen LogP contribution < -0.4 is 10.1 Å². The Morgan fingerprint density at radius 2 is 1.70 bits per heavy atom. The molecule has 0 spiro atoms. The molecule has 5 nitrogen and oxygen atoms in total. The largest absolute Gasteiger partial charge is 0.484 e. The van der Waals surface area contributed by atoms with Crippen molar-refractivity contribution in [3.05, 3.63) is 63.1 Å². The van der Waals surface area contributed by atoms with Crippen LogP contribution in [0.2, 0.25) is 15.1 Å². The van der Waals surface area contributed by atoms with Crippen molar-refractivity contribution in [2.24, 2.45) is 0 Å². The average molecular weight is 472 g/mol. The third-order valence-corrected chi connectivity index (χ3v) is 5.66. The van der Waals surface area contributed by atoms with Crippen LogP contribution in [0.25, 0.3) is 0 Å². The predicted molar refractivity (Wildman–Crippen MR) is 121 cm³/mol. The highest BCUT2D eigenvalue weighted by Crippen LogP contribution is 2.27. The molecule has 0 fully saturated rings. The third-order valence-electron chi connectivity index (χ3n) is 4.72. The zero-order valence-electron chi connectivity index (χ0n) is 17.1. The molecule has 0 saturated carbocycles. The van der Waals surface area contributed by atoms with Gasteiger partial charge >= 0.3 is 0 Å². The van der Waals surface area contributed by atoms with Crippen molar-refractivity contribution in [1.82, 2.24) is 10.2 Å². The van der Waals surface area contributed by atoms with Gasteiger partial charge in [0.15, 0.2) is 6.61 Å². The maximum absolute atomic E-state index is 13.0. The number of hydrogen-bond donors (Lipinski definition) is 1. The van der Waals surface area contributed by atoms with Gasteiger partial charge in [0.2, 0.25) is 5.91 Å². The van der Waals surface area contributed by atoms with Gasteiger partial charge in [0.05, 0.1) is 0 Å². The van der Waals surface area contributed by atoms with Gasteiger partial charge in [-0.25, -0.2) is 0 Å². The summed E-state index contributed by atoms with van der Waals surface area (Å²) in [6.07, 6.45) is 0.778. The lowest BCUT2D eigenvalue weighted by Crippen LogP contribution is -2.50. The molecule has 0 unspecified atom stereocenters. The van der Waals surface area contributed by atoms with E-state index < -0.39 is 6.04 Å². The first-order chi connectivity index (χ1) is 14.2. The monoisotopic (exact) mass is 470 g/mol. The van der Waals surface area contributed by atoms with Crippen LogP contribution in [0.1, 0.15) is 32.8 Å². The second-order valence-electron chi connectivity index (χ2n) is 6.96. The molecule has 30 heavy (non-hydrogen) atoms. The number of nitrogens with one attached hydrogen (secondary N) is 1. The smallest absolute Gasteiger partial charge is 0.261 e. The lowest BCUT2D eigenvalue weighted by molar-refractivity contribution is -0.142. The van der Waals surface area contributed by atoms with Crippen molar-refractivity contribution in [1.29, 1.82) is 0 Å². The van der Waals surface area contributed by atoms with E-state index >= 15 is 0 Å². The van der Waals surface area contributed by atoms with Crippen LogP contribution in [0, 0.1) is 0 Å². The van der Waals surface area contributed by atoms with Gasteiger partial charge in [0.25, 0.3) is 5.91 Å². The molecule has 2 rings (SSSR count). The van der Waals surface area contributed by atoms with Crippen molar-refractivity contribution < 1.29 is 14.3 Å². The molecule has 1 N–H and O–H groups in total. The summed E-state index contributed by atoms with van der Waals surface area (Å²) in [6, 6.07) is 11.1. The molecule has 0 radical (unpaired) electrons. The van der Waals surface area contributed by atoms with E-state index in [1.807, 2.05) is 13.8 Å². The first-order valence-electron chi connectivity index (χ1n) is 9.64. The number of nitrogens with zero attached hydrogens (tertiary/aromatic N) is 1. The van der Waals surface area contributed by atoms with Crippen LogP contribution in [0.4, 0.5) is 0 Å². The number of carbonyl (C=O) groups excluding carboxylic acids is 2. The molecule has 2 atom stereocenters. The van der Waals surface area contributed by atoms with Gasteiger partial charge in [-0.15, -0.1) is 0 Å². The second kappa shape index (κ2) is 11.4. The molecule has 0 aliphatic rings. The summed E-state index contributed by atoms with van der Waals surface area (Å²) in [6.45, 7) is 5.36. The Balaban J connectivity index is 2.22. The maximum atomic E-state index is 13.0. The van der Waals surface area contributed by atoms with Gasteiger partial charge in [-0.2, -0.15) is 0 Å². The van der Waals surface area contributed by atoms with Gasteiger partial charge < -0.3 is 15.0 Å². The lowest BCUT2D eigenvalue weighted by atomic mass is 10.1. The molecule has 2 aromatic rings. The minimum Gasteiger partial charge on any atom is -0.484 e. The molecule has 2 amide bonds. The van der Waals surface area contributed by atoms with Gasteiger partial charge in [0, 0.05) is 33.2 Å². The number of carbonyl (C=O) groups is 2. The number of benzene rings is 2. The average Bonchev–Trinajstić information content (AvgIpc) is 2.71. The highest BCUT2D eigenvalue weighted by Gasteiger charge is 2.28. The Labute approximate surface area is 192 Å². The van der Waals surface area contributed by atoms with Crippen molar-refractivity contribution >= 4 is 46.6 Å². The summed E-state index contributed by atoms with van der Waals surface area (Å²) < 4.78 is 5.59. The van der Waals surface area contributed by atoms with Gasteiger partial charge in [0.1, 0.15) is 11.8 Å². The Morgan fingerprint density at radius 3 is 2.30 bits per heavy atom. The molecule has 162 valence electrons. The van der Waals surface area contributed by atoms with E-state index in [0.29, 0.717) is 26.4 Å². The molecule has 8 heteroatoms. The van der Waals surface area contributed by atoms with Crippen LogP contribution in [-0.2, 0) is 16.1 Å². The Bertz CT molecular complexity index is 871. The molecule has 0 bridgehead atoms. The van der Waals surface area contributed by atoms with Crippen molar-refractivity contribution in [2.45, 2.75) is 45.8 Å². The second-order valence-corrected chi connectivity index (χ2v) is 8.21. The summed E-state index contributed by atoms with van der Waals surface area (Å²) in [5.74, 6) is -0.176. The van der Waals surface area contributed by atoms with E-state index in [1.54, 1.807) is 49.4 Å². The molecule has 0 saturated heterocycles. The SMILES string of the molecule is CC[C@@H](C)NC(=O)[C@@H](C)N(Cc1c(Cl)cccc1Cl)C(=O)COc1cccc(Cl)c1. The minimum atomic E-state index is -0.748. The van der Waals surface area contributed by atoms with Crippen molar-refractivity contribution in [3.63, 3.8) is 0 Å². The summed E-state index contributed by atoms with van der Waals surface area (Å²) >= 11 is 18.5. The minimum absolute atomic E-state index is 0.0106. The normalized spacial score (nSPS) is 12.7. The summed E-state index contributed by atoms with van der Waals surface area (Å²) in [5, 5.41) is 4.25. The Hall–Kier alpha value is -1.95. The van der Waals surface area contributed by atoms with Crippen LogP contribution >= 0.6 is 34.8 Å². The molecule has 0 aliphatic carbocycles. The fraction of sp³-hybridized carbons (Fsp3) is 0.364. The van der Waals surface area contributed by atoms with Gasteiger partial charge in [-0.3, -0.25) is 9.59 Å². The first-order valence-corrected chi connectivity index (χ1v) is 10.8. The van der Waals surface area contributed by atoms with E-state index in [9.17, 15) is 9.59 Å². The Kier molecular flexibility index (Phi) is 9.28. The number of amides is 2. The number of hydrogen-bond acceptors (Lipinski definition) is 3. The quantitative estimate of drug-likeness (QED) is 0.536. The van der Waals surface area contributed by atoms with Crippen LogP contribution in [0.5, 0.6) is 5.75 Å². The molecule has 0 aliphatic heterocycles. The maximum Gasteiger partial charge on any atom is 0.261 e. The highest BCUT2D eigenvalue weighted by molar-refractivity contribution is 6.36. The number of rotatable bonds is 9. The first kappa shape index (κ1) is 24.3. The lowest BCUT2D eigenvalue weighted by Gasteiger charge is -2.30. The van der Waals surface area contributed by atoms with Crippen molar-refractivity contribution in [2.75, 3.05) is 6.61 Å². The predicted octanol–water partition coefficient (Wildman–Crippen LogP) is 5.36. The molecule has 2 aromatic carbocycles. The van der Waals surface area contributed by atoms with Crippen LogP contribution in [-0.4, -0.2) is 35.4 Å². The number of halogens is 3. The topological polar surface area (TPSA) is 58.6 Å². The fourth-order valence-electron chi connectivity index (χ4n) is 2.69. The number of ether oxygens (including phenoxy) is 1. The molecular weight excluding hydrogens is 447 g/mol. The van der Waals surface area contributed by atoms with E-state index in [1.165, 1.54) is 4.90 Å². The zero-order chi connectivity index (χ0) is 22.3. The van der Waals surface area contributed by atoms with E-state index in [-0.39, 0.29) is 31.0 Å². The summed E-state index contributed by atoms with van der Waals surface area (Å²) in [7, 11) is 0. The van der Waals surface area contributed by atoms with E-state index in [2.05, 4.69) is 5.32 Å². The van der Waals surface area contributed by atoms with E-state index in [0.717, 1.165) is 6.42 Å². The zero-order valence-corrected chi connectivity index (χ0v) is 19.4. The Morgan fingerprint density at radius 1 is 1.07 bits per heavy atom. The van der Waals surface area contributed by atoms with Crippen LogP contribution in [0.15, 0.2) is 42.5 Å². The standard InChI is InChI=1S/C22H25Cl3N2O3/c1-4-14(2)26-22(29)15(3)27(12-18-19(24)9-6-10-20(18)25)21(28)13-30-17-8-5-7-16(23)11-17/h5-11,14-15H,4,12-13H2,1-3H3,(H,26,29)/t14-,15-/m1/s1. The summed E-state index contributed by atoms with van der Waals surface area (Å²) in [5.41, 5.74) is 0.570. The van der Waals surface area contributed by atoms with Gasteiger partial charge in [-0.05, 0) is 50.6 Å². The summed E-state index contributed by atoms with van der Waals surface area (Å²) in [4.78, 5) is 27.2. The van der Waals surface area contributed by atoms with Gasteiger partial charge in [-0.1, -0.05) is 53.9 Å². The van der Waals surface area contributed by atoms with Crippen LogP contribution in [0.3, 0.4) is 0 Å². The van der Waals surface area contributed by atoms with E-state index in [4.69, 9.17) is 39.5 Å². The molecular formula is C22H25Cl3N2O3. The highest BCUT2D eigenvalue weighted by atomic mass is 35.5. The fourth-order valence-corrected chi connectivity index (χ4v) is 3.38. The third kappa shape index (κ3) is 6.79. The molecule has 0 heterocycles. The molecule has 0 aromatic heterocycles. The van der Waals surface area contributed by atoms with Crippen molar-refractivity contribution in [3.8, 4) is 5.75 Å².